The van der Waals surface area contributed by atoms with E-state index in [0.29, 0.717) is 12.5 Å². The molecule has 0 fully saturated rings. The van der Waals surface area contributed by atoms with Crippen LogP contribution in [-0.2, 0) is 0 Å². The van der Waals surface area contributed by atoms with Gasteiger partial charge in [-0.3, -0.25) is 0 Å². The summed E-state index contributed by atoms with van der Waals surface area (Å²) in [6, 6.07) is 3.97. The van der Waals surface area contributed by atoms with Crippen LogP contribution in [0.15, 0.2) is 24.4 Å². The summed E-state index contributed by atoms with van der Waals surface area (Å²) < 4.78 is 5.43. The highest BCUT2D eigenvalue weighted by molar-refractivity contribution is 5.60. The molecule has 0 amide bonds. The second kappa shape index (κ2) is 2.76. The molecule has 0 saturated carbocycles. The molecule has 68 valence electrons. The third kappa shape index (κ3) is 1.26. The van der Waals surface area contributed by atoms with E-state index in [2.05, 4.69) is 11.6 Å². The van der Waals surface area contributed by atoms with E-state index in [1.54, 1.807) is 0 Å². The molecule has 1 aromatic heterocycles. The summed E-state index contributed by atoms with van der Waals surface area (Å²) in [5.74, 6) is 0.704. The third-order valence-corrected chi connectivity index (χ3v) is 2.19. The molecule has 0 N–H and O–H groups in total. The summed E-state index contributed by atoms with van der Waals surface area (Å²) in [5.41, 5.74) is 2.92. The van der Waals surface area contributed by atoms with Crippen molar-refractivity contribution >= 4 is 5.69 Å². The van der Waals surface area contributed by atoms with E-state index in [1.807, 2.05) is 31.0 Å². The van der Waals surface area contributed by atoms with Gasteiger partial charge in [-0.1, -0.05) is 6.58 Å². The number of aromatic nitrogens is 1. The van der Waals surface area contributed by atoms with Crippen LogP contribution in [0, 0.1) is 6.92 Å². The lowest BCUT2D eigenvalue weighted by atomic mass is 10.2. The number of fused-ring (bicyclic) bond motifs is 1. The molecule has 3 nitrogen and oxygen atoms in total. The van der Waals surface area contributed by atoms with Crippen molar-refractivity contribution in [2.45, 2.75) is 6.92 Å². The van der Waals surface area contributed by atoms with Crippen molar-refractivity contribution in [2.24, 2.45) is 0 Å². The van der Waals surface area contributed by atoms with Gasteiger partial charge in [0.05, 0.1) is 0 Å². The molecule has 3 heteroatoms. The normalized spacial score (nSPS) is 15.2. The average Bonchev–Trinajstić information content (AvgIpc) is 2.12. The predicted molar refractivity (Wildman–Crippen MR) is 52.0 cm³/mol. The average molecular weight is 176 g/mol. The van der Waals surface area contributed by atoms with Gasteiger partial charge in [-0.25, -0.2) is 4.98 Å². The molecule has 0 aliphatic carbocycles. The van der Waals surface area contributed by atoms with Crippen molar-refractivity contribution < 1.29 is 4.74 Å². The minimum Gasteiger partial charge on any atom is -0.470 e. The minimum absolute atomic E-state index is 0.528. The molecule has 1 aromatic rings. The summed E-state index contributed by atoms with van der Waals surface area (Å²) in [4.78, 5) is 6.30. The van der Waals surface area contributed by atoms with Crippen molar-refractivity contribution in [1.29, 1.82) is 0 Å². The Bertz CT molecular complexity index is 360. The van der Waals surface area contributed by atoms with Gasteiger partial charge < -0.3 is 9.64 Å². The zero-order valence-electron chi connectivity index (χ0n) is 7.87. The molecule has 1 aliphatic heterocycles. The highest BCUT2D eigenvalue weighted by atomic mass is 16.5. The Balaban J connectivity index is 2.49. The molecule has 0 aromatic carbocycles. The Kier molecular flexibility index (Phi) is 1.72. The molecule has 0 atom stereocenters. The van der Waals surface area contributed by atoms with E-state index in [-0.39, 0.29) is 0 Å². The topological polar surface area (TPSA) is 25.4 Å². The predicted octanol–water partition coefficient (Wildman–Crippen LogP) is 1.73. The molecule has 0 unspecified atom stereocenters. The van der Waals surface area contributed by atoms with Gasteiger partial charge in [0.15, 0.2) is 0 Å². The number of hydrogen-bond acceptors (Lipinski definition) is 3. The van der Waals surface area contributed by atoms with Gasteiger partial charge in [0, 0.05) is 18.4 Å². The number of anilines is 1. The molecule has 2 heterocycles. The maximum Gasteiger partial charge on any atom is 0.238 e. The van der Waals surface area contributed by atoms with Crippen LogP contribution in [0.3, 0.4) is 0 Å². The Labute approximate surface area is 77.7 Å². The summed E-state index contributed by atoms with van der Waals surface area (Å²) in [5, 5.41) is 0. The standard InChI is InChI=1S/C10H12N2O/c1-7-4-5-9-10(11-7)13-6-8(2)12(9)3/h4-5H,2,6H2,1,3H3. The quantitative estimate of drug-likeness (QED) is 0.602. The molecule has 0 spiro atoms. The van der Waals surface area contributed by atoms with E-state index < -0.39 is 0 Å². The van der Waals surface area contributed by atoms with Crippen LogP contribution in [0.2, 0.25) is 0 Å². The van der Waals surface area contributed by atoms with Crippen molar-refractivity contribution in [3.8, 4) is 5.88 Å². The fourth-order valence-corrected chi connectivity index (χ4v) is 1.31. The molecule has 2 rings (SSSR count). The van der Waals surface area contributed by atoms with Crippen LogP contribution in [-0.4, -0.2) is 18.6 Å². The molecular weight excluding hydrogens is 164 g/mol. The Morgan fingerprint density at radius 2 is 2.31 bits per heavy atom. The highest BCUT2D eigenvalue weighted by Gasteiger charge is 2.18. The fraction of sp³-hybridized carbons (Fsp3) is 0.300. The van der Waals surface area contributed by atoms with Gasteiger partial charge in [0.25, 0.3) is 0 Å². The first kappa shape index (κ1) is 8.10. The van der Waals surface area contributed by atoms with Crippen molar-refractivity contribution in [1.82, 2.24) is 4.98 Å². The van der Waals surface area contributed by atoms with E-state index in [9.17, 15) is 0 Å². The second-order valence-corrected chi connectivity index (χ2v) is 3.19. The van der Waals surface area contributed by atoms with Crippen LogP contribution in [0.5, 0.6) is 5.88 Å². The van der Waals surface area contributed by atoms with Crippen LogP contribution < -0.4 is 9.64 Å². The van der Waals surface area contributed by atoms with E-state index in [1.165, 1.54) is 0 Å². The molecule has 0 saturated heterocycles. The smallest absolute Gasteiger partial charge is 0.238 e. The maximum absolute atomic E-state index is 5.43. The lowest BCUT2D eigenvalue weighted by Crippen LogP contribution is -2.26. The van der Waals surface area contributed by atoms with E-state index >= 15 is 0 Å². The number of ether oxygens (including phenoxy) is 1. The molecular formula is C10H12N2O. The molecule has 13 heavy (non-hydrogen) atoms. The van der Waals surface area contributed by atoms with Crippen molar-refractivity contribution in [2.75, 3.05) is 18.6 Å². The lowest BCUT2D eigenvalue weighted by molar-refractivity contribution is 0.324. The monoisotopic (exact) mass is 176 g/mol. The van der Waals surface area contributed by atoms with Gasteiger partial charge in [-0.05, 0) is 19.1 Å². The molecule has 1 aliphatic rings. The number of likely N-dealkylation sites (N-methyl/N-ethyl adjacent to an activating group) is 1. The van der Waals surface area contributed by atoms with E-state index in [4.69, 9.17) is 4.74 Å². The molecule has 0 bridgehead atoms. The van der Waals surface area contributed by atoms with Crippen LogP contribution in [0.4, 0.5) is 5.69 Å². The Hall–Kier alpha value is -1.51. The van der Waals surface area contributed by atoms with Gasteiger partial charge in [0.2, 0.25) is 5.88 Å². The lowest BCUT2D eigenvalue weighted by Gasteiger charge is -2.28. The van der Waals surface area contributed by atoms with Crippen LogP contribution >= 0.6 is 0 Å². The largest absolute Gasteiger partial charge is 0.470 e. The number of pyridine rings is 1. The maximum atomic E-state index is 5.43. The van der Waals surface area contributed by atoms with Gasteiger partial charge >= 0.3 is 0 Å². The van der Waals surface area contributed by atoms with Crippen molar-refractivity contribution in [3.63, 3.8) is 0 Å². The Morgan fingerprint density at radius 3 is 3.08 bits per heavy atom. The first-order valence-electron chi connectivity index (χ1n) is 4.20. The summed E-state index contributed by atoms with van der Waals surface area (Å²) in [6.45, 7) is 6.37. The second-order valence-electron chi connectivity index (χ2n) is 3.19. The summed E-state index contributed by atoms with van der Waals surface area (Å²) in [7, 11) is 1.97. The first-order valence-corrected chi connectivity index (χ1v) is 4.20. The third-order valence-electron chi connectivity index (χ3n) is 2.19. The van der Waals surface area contributed by atoms with Gasteiger partial charge in [-0.2, -0.15) is 0 Å². The van der Waals surface area contributed by atoms with Gasteiger partial charge in [-0.15, -0.1) is 0 Å². The molecule has 0 radical (unpaired) electrons. The summed E-state index contributed by atoms with van der Waals surface area (Å²) >= 11 is 0. The van der Waals surface area contributed by atoms with Crippen LogP contribution in [0.1, 0.15) is 5.69 Å². The highest BCUT2D eigenvalue weighted by Crippen LogP contribution is 2.31. The van der Waals surface area contributed by atoms with Gasteiger partial charge in [0.1, 0.15) is 12.3 Å². The zero-order valence-corrected chi connectivity index (χ0v) is 7.87. The summed E-state index contributed by atoms with van der Waals surface area (Å²) in [6.07, 6.45) is 0. The zero-order chi connectivity index (χ0) is 9.42. The van der Waals surface area contributed by atoms with Crippen molar-refractivity contribution in [3.05, 3.63) is 30.1 Å². The fourth-order valence-electron chi connectivity index (χ4n) is 1.31. The minimum atomic E-state index is 0.528. The Morgan fingerprint density at radius 1 is 1.54 bits per heavy atom. The van der Waals surface area contributed by atoms with Crippen LogP contribution in [0.25, 0.3) is 0 Å². The number of aryl methyl sites for hydroxylation is 1. The number of hydrogen-bond donors (Lipinski definition) is 0. The van der Waals surface area contributed by atoms with E-state index in [0.717, 1.165) is 17.1 Å². The first-order chi connectivity index (χ1) is 6.18. The SMILES string of the molecule is C=C1COc2nc(C)ccc2N1C. The number of rotatable bonds is 0. The number of nitrogens with zero attached hydrogens (tertiary/aromatic N) is 2.